The molecule has 8 aromatic heterocycles. The quantitative estimate of drug-likeness (QED) is 0.164. The minimum absolute atomic E-state index is 0.522. The van der Waals surface area contributed by atoms with Crippen LogP contribution in [0, 0.1) is 13.8 Å². The first kappa shape index (κ1) is 36.7. The number of nitrogens with zero attached hydrogens (tertiary/aromatic N) is 10. The number of fused-ring (bicyclic) bond motifs is 9. The third kappa shape index (κ3) is 5.70. The Kier molecular flexibility index (Phi) is 8.10. The normalized spacial score (nSPS) is 11.8. The SMILES string of the molecule is Cc1ccc2c(c1)c1cc(C)ccc1n2-c1c(-n2c3cccnc3c3ncccc32)cc(-c2nc(-c3ccccc3)nc(-c3ccccc3)n2)cc1-n1c2cccnc2c2ncccc21. The van der Waals surface area contributed by atoms with Gasteiger partial charge in [-0.05, 0) is 98.8 Å². The van der Waals surface area contributed by atoms with Crippen molar-refractivity contribution >= 4 is 65.9 Å². The fourth-order valence-electron chi connectivity index (χ4n) is 9.55. The zero-order chi connectivity index (χ0) is 43.2. The Bertz CT molecular complexity index is 3680. The smallest absolute Gasteiger partial charge is 0.164 e. The van der Waals surface area contributed by atoms with Crippen LogP contribution in [0.4, 0.5) is 0 Å². The average Bonchev–Trinajstić information content (AvgIpc) is 3.99. The number of hydrogen-bond acceptors (Lipinski definition) is 7. The number of hydrogen-bond donors (Lipinski definition) is 0. The first-order chi connectivity index (χ1) is 32.1. The third-order valence-corrected chi connectivity index (χ3v) is 12.4. The van der Waals surface area contributed by atoms with Crippen molar-refractivity contribution in [2.75, 3.05) is 0 Å². The van der Waals surface area contributed by atoms with Crippen molar-refractivity contribution in [1.82, 2.24) is 48.6 Å². The molecule has 0 aliphatic rings. The molecule has 0 spiro atoms. The molecule has 0 unspecified atom stereocenters. The maximum Gasteiger partial charge on any atom is 0.164 e. The van der Waals surface area contributed by atoms with Gasteiger partial charge in [0.05, 0.1) is 50.2 Å². The molecule has 0 radical (unpaired) electrons. The lowest BCUT2D eigenvalue weighted by atomic mass is 10.1. The van der Waals surface area contributed by atoms with E-state index in [1.54, 1.807) is 0 Å². The molecule has 0 aliphatic carbocycles. The van der Waals surface area contributed by atoms with Crippen LogP contribution >= 0.6 is 0 Å². The largest absolute Gasteiger partial charge is 0.305 e. The second-order valence-corrected chi connectivity index (χ2v) is 16.4. The van der Waals surface area contributed by atoms with Crippen molar-refractivity contribution in [3.8, 4) is 51.2 Å². The first-order valence-electron chi connectivity index (χ1n) is 21.6. The van der Waals surface area contributed by atoms with E-state index in [9.17, 15) is 0 Å². The van der Waals surface area contributed by atoms with Crippen LogP contribution in [0.1, 0.15) is 11.1 Å². The van der Waals surface area contributed by atoms with Crippen LogP contribution in [-0.2, 0) is 0 Å². The van der Waals surface area contributed by atoms with Crippen molar-refractivity contribution in [3.63, 3.8) is 0 Å². The van der Waals surface area contributed by atoms with Crippen molar-refractivity contribution in [2.45, 2.75) is 13.8 Å². The van der Waals surface area contributed by atoms with Gasteiger partial charge in [0.1, 0.15) is 22.1 Å². The van der Waals surface area contributed by atoms with Gasteiger partial charge in [-0.1, -0.05) is 83.9 Å². The van der Waals surface area contributed by atoms with Crippen LogP contribution in [-0.4, -0.2) is 48.6 Å². The Morgan fingerprint density at radius 1 is 0.323 bits per heavy atom. The van der Waals surface area contributed by atoms with E-state index in [0.717, 1.165) is 88.9 Å². The number of pyridine rings is 4. The zero-order valence-corrected chi connectivity index (χ0v) is 35.3. The van der Waals surface area contributed by atoms with Crippen LogP contribution in [0.25, 0.3) is 117 Å². The summed E-state index contributed by atoms with van der Waals surface area (Å²) in [5.74, 6) is 1.67. The summed E-state index contributed by atoms with van der Waals surface area (Å²) in [6, 6.07) is 54.6. The van der Waals surface area contributed by atoms with E-state index in [-0.39, 0.29) is 0 Å². The van der Waals surface area contributed by atoms with E-state index in [4.69, 9.17) is 34.9 Å². The minimum Gasteiger partial charge on any atom is -0.305 e. The molecule has 10 heteroatoms. The summed E-state index contributed by atoms with van der Waals surface area (Å²) >= 11 is 0. The highest BCUT2D eigenvalue weighted by Crippen LogP contribution is 2.44. The van der Waals surface area contributed by atoms with Crippen molar-refractivity contribution in [3.05, 3.63) is 194 Å². The van der Waals surface area contributed by atoms with E-state index in [1.165, 1.54) is 21.9 Å². The molecule has 8 heterocycles. The number of aryl methyl sites for hydroxylation is 2. The maximum absolute atomic E-state index is 5.31. The Morgan fingerprint density at radius 2 is 0.692 bits per heavy atom. The molecule has 13 aromatic rings. The van der Waals surface area contributed by atoms with E-state index < -0.39 is 0 Å². The predicted octanol–water partition coefficient (Wildman–Crippen LogP) is 12.4. The second-order valence-electron chi connectivity index (χ2n) is 16.4. The summed E-state index contributed by atoms with van der Waals surface area (Å²) in [6.45, 7) is 4.31. The number of benzene rings is 5. The van der Waals surface area contributed by atoms with Gasteiger partial charge in [0.2, 0.25) is 0 Å². The zero-order valence-electron chi connectivity index (χ0n) is 35.3. The van der Waals surface area contributed by atoms with Gasteiger partial charge in [0.15, 0.2) is 17.5 Å². The molecular formula is C55H36N10. The van der Waals surface area contributed by atoms with Gasteiger partial charge in [0.25, 0.3) is 0 Å². The van der Waals surface area contributed by atoms with Crippen LogP contribution in [0.3, 0.4) is 0 Å². The van der Waals surface area contributed by atoms with Gasteiger partial charge in [-0.2, -0.15) is 0 Å². The summed E-state index contributed by atoms with van der Waals surface area (Å²) in [5, 5.41) is 2.33. The highest BCUT2D eigenvalue weighted by Gasteiger charge is 2.28. The molecule has 65 heavy (non-hydrogen) atoms. The monoisotopic (exact) mass is 836 g/mol. The molecule has 0 saturated heterocycles. The summed E-state index contributed by atoms with van der Waals surface area (Å²) in [7, 11) is 0. The lowest BCUT2D eigenvalue weighted by molar-refractivity contribution is 1.04. The predicted molar refractivity (Wildman–Crippen MR) is 260 cm³/mol. The molecule has 13 rings (SSSR count). The maximum atomic E-state index is 5.31. The van der Waals surface area contributed by atoms with Crippen LogP contribution in [0.5, 0.6) is 0 Å². The fourth-order valence-corrected chi connectivity index (χ4v) is 9.55. The summed E-state index contributed by atoms with van der Waals surface area (Å²) in [5.41, 5.74) is 16.6. The van der Waals surface area contributed by atoms with Gasteiger partial charge in [-0.15, -0.1) is 0 Å². The van der Waals surface area contributed by atoms with Crippen molar-refractivity contribution < 1.29 is 0 Å². The molecule has 5 aromatic carbocycles. The third-order valence-electron chi connectivity index (χ3n) is 12.4. The molecule has 0 N–H and O–H groups in total. The summed E-state index contributed by atoms with van der Waals surface area (Å²) < 4.78 is 7.02. The highest BCUT2D eigenvalue weighted by molar-refractivity contribution is 6.12. The highest BCUT2D eigenvalue weighted by atomic mass is 15.1. The lowest BCUT2D eigenvalue weighted by Gasteiger charge is -2.23. The fraction of sp³-hybridized carbons (Fsp3) is 0.0364. The number of aromatic nitrogens is 10. The minimum atomic E-state index is 0.522. The van der Waals surface area contributed by atoms with Gasteiger partial charge in [-0.25, -0.2) is 15.0 Å². The Morgan fingerprint density at radius 3 is 1.08 bits per heavy atom. The summed E-state index contributed by atoms with van der Waals surface area (Å²) in [4.78, 5) is 35.5. The topological polar surface area (TPSA) is 105 Å². The molecule has 10 nitrogen and oxygen atoms in total. The van der Waals surface area contributed by atoms with E-state index in [1.807, 2.05) is 110 Å². The molecule has 0 aliphatic heterocycles. The standard InChI is InChI=1S/C55H36N10/c1-33-21-23-40-38(29-33)39-30-34(2)22-24-41(39)65(40)52-46(63-42-17-9-25-56-48(42)49-43(63)18-10-26-57-49)31-37(32-47(52)64-44-19-11-27-58-50(44)51-45(64)20-12-28-59-51)55-61-53(35-13-5-3-6-14-35)60-54(62-55)36-15-7-4-8-16-36/h3-32H,1-2H3. The summed E-state index contributed by atoms with van der Waals surface area (Å²) in [6.07, 6.45) is 7.33. The Hall–Kier alpha value is -8.89. The van der Waals surface area contributed by atoms with Crippen LogP contribution in [0.15, 0.2) is 183 Å². The Labute approximate surface area is 371 Å². The van der Waals surface area contributed by atoms with Crippen molar-refractivity contribution in [2.24, 2.45) is 0 Å². The second kappa shape index (κ2) is 14.3. The van der Waals surface area contributed by atoms with Gasteiger partial charge < -0.3 is 13.7 Å². The number of rotatable bonds is 6. The first-order valence-corrected chi connectivity index (χ1v) is 21.6. The molecule has 0 bridgehead atoms. The molecule has 0 amide bonds. The molecule has 306 valence electrons. The molecule has 0 saturated carbocycles. The van der Waals surface area contributed by atoms with Gasteiger partial charge in [0, 0.05) is 52.3 Å². The van der Waals surface area contributed by atoms with Gasteiger partial charge >= 0.3 is 0 Å². The average molecular weight is 837 g/mol. The molecule has 0 atom stereocenters. The lowest BCUT2D eigenvalue weighted by Crippen LogP contribution is -2.11. The van der Waals surface area contributed by atoms with E-state index >= 15 is 0 Å². The van der Waals surface area contributed by atoms with E-state index in [0.29, 0.717) is 17.5 Å². The van der Waals surface area contributed by atoms with Crippen LogP contribution < -0.4 is 0 Å². The molecular weight excluding hydrogens is 801 g/mol. The van der Waals surface area contributed by atoms with E-state index in [2.05, 4.69) is 100 Å². The van der Waals surface area contributed by atoms with Gasteiger partial charge in [-0.3, -0.25) is 19.9 Å². The molecule has 0 fully saturated rings. The Balaban J connectivity index is 1.27. The van der Waals surface area contributed by atoms with Crippen molar-refractivity contribution in [1.29, 1.82) is 0 Å². The van der Waals surface area contributed by atoms with Crippen LogP contribution in [0.2, 0.25) is 0 Å².